The van der Waals surface area contributed by atoms with E-state index >= 15 is 0 Å². The summed E-state index contributed by atoms with van der Waals surface area (Å²) in [6.45, 7) is 4.57. The van der Waals surface area contributed by atoms with Gasteiger partial charge in [-0.1, -0.05) is 32.4 Å². The smallest absolute Gasteiger partial charge is 0.267 e. The molecular weight excluding hydrogens is 318 g/mol. The highest BCUT2D eigenvalue weighted by Gasteiger charge is 2.21. The van der Waals surface area contributed by atoms with Gasteiger partial charge in [-0.3, -0.25) is 9.59 Å². The van der Waals surface area contributed by atoms with E-state index in [0.29, 0.717) is 29.3 Å². The van der Waals surface area contributed by atoms with E-state index in [1.807, 2.05) is 26.1 Å². The summed E-state index contributed by atoms with van der Waals surface area (Å²) >= 11 is 0. The summed E-state index contributed by atoms with van der Waals surface area (Å²) < 4.78 is 7.30. The fraction of sp³-hybridized carbons (Fsp3) is 0.368. The molecule has 25 heavy (non-hydrogen) atoms. The molecule has 0 fully saturated rings. The van der Waals surface area contributed by atoms with Gasteiger partial charge in [0.25, 0.3) is 11.8 Å². The molecule has 0 bridgehead atoms. The van der Waals surface area contributed by atoms with Gasteiger partial charge in [-0.25, -0.2) is 0 Å². The number of hydrogen-bond donors (Lipinski definition) is 2. The van der Waals surface area contributed by atoms with Gasteiger partial charge in [0, 0.05) is 13.2 Å². The third kappa shape index (κ3) is 4.21. The van der Waals surface area contributed by atoms with Gasteiger partial charge in [-0.05, 0) is 30.5 Å². The largest absolute Gasteiger partial charge is 0.493 e. The van der Waals surface area contributed by atoms with Gasteiger partial charge in [0.15, 0.2) is 0 Å². The van der Waals surface area contributed by atoms with Crippen molar-refractivity contribution >= 4 is 17.5 Å². The Morgan fingerprint density at radius 3 is 2.56 bits per heavy atom. The molecule has 6 nitrogen and oxygen atoms in total. The maximum absolute atomic E-state index is 12.8. The van der Waals surface area contributed by atoms with Crippen molar-refractivity contribution in [3.8, 4) is 5.75 Å². The highest BCUT2D eigenvalue weighted by Crippen LogP contribution is 2.26. The maximum atomic E-state index is 12.8. The second-order valence-corrected chi connectivity index (χ2v) is 5.90. The first-order valence-electron chi connectivity index (χ1n) is 8.50. The molecule has 2 rings (SSSR count). The summed E-state index contributed by atoms with van der Waals surface area (Å²) in [5.41, 5.74) is 7.59. The van der Waals surface area contributed by atoms with Gasteiger partial charge in [-0.2, -0.15) is 0 Å². The van der Waals surface area contributed by atoms with Crippen LogP contribution in [0.25, 0.3) is 0 Å². The molecule has 3 N–H and O–H groups in total. The van der Waals surface area contributed by atoms with Crippen LogP contribution in [-0.2, 0) is 13.5 Å². The normalized spacial score (nSPS) is 10.5. The van der Waals surface area contributed by atoms with E-state index in [4.69, 9.17) is 10.5 Å². The average molecular weight is 343 g/mol. The van der Waals surface area contributed by atoms with Gasteiger partial charge in [0.1, 0.15) is 11.4 Å². The van der Waals surface area contributed by atoms with Crippen molar-refractivity contribution in [1.29, 1.82) is 0 Å². The lowest BCUT2D eigenvalue weighted by Crippen LogP contribution is -2.20. The van der Waals surface area contributed by atoms with Crippen LogP contribution in [0, 0.1) is 0 Å². The number of benzene rings is 1. The number of nitrogens with one attached hydrogen (secondary N) is 1. The van der Waals surface area contributed by atoms with Gasteiger partial charge in [0.2, 0.25) is 0 Å². The number of primary amides is 1. The zero-order chi connectivity index (χ0) is 18.4. The Morgan fingerprint density at radius 1 is 1.20 bits per heavy atom. The highest BCUT2D eigenvalue weighted by molar-refractivity contribution is 6.10. The summed E-state index contributed by atoms with van der Waals surface area (Å²) in [6, 6.07) is 7.06. The number of hydrogen-bond acceptors (Lipinski definition) is 3. The van der Waals surface area contributed by atoms with Crippen molar-refractivity contribution in [1.82, 2.24) is 4.57 Å². The first kappa shape index (κ1) is 18.6. The lowest BCUT2D eigenvalue weighted by molar-refractivity contribution is 0.0993. The average Bonchev–Trinajstić information content (AvgIpc) is 2.88. The number of carbonyl (C=O) groups is 2. The predicted octanol–water partition coefficient (Wildman–Crippen LogP) is 3.12. The van der Waals surface area contributed by atoms with E-state index in [1.165, 1.54) is 0 Å². The second kappa shape index (κ2) is 8.37. The fourth-order valence-electron chi connectivity index (χ4n) is 2.76. The number of aromatic nitrogens is 1. The van der Waals surface area contributed by atoms with Crippen molar-refractivity contribution < 1.29 is 14.3 Å². The summed E-state index contributed by atoms with van der Waals surface area (Å²) in [4.78, 5) is 24.6. The molecule has 0 saturated carbocycles. The van der Waals surface area contributed by atoms with E-state index in [1.54, 1.807) is 29.8 Å². The van der Waals surface area contributed by atoms with Crippen LogP contribution in [0.5, 0.6) is 5.75 Å². The summed E-state index contributed by atoms with van der Waals surface area (Å²) in [6.07, 6.45) is 4.31. The summed E-state index contributed by atoms with van der Waals surface area (Å²) in [5.74, 6) is -0.371. The molecule has 134 valence electrons. The van der Waals surface area contributed by atoms with E-state index in [2.05, 4.69) is 5.32 Å². The third-order valence-corrected chi connectivity index (χ3v) is 3.84. The molecule has 0 unspecified atom stereocenters. The standard InChI is InChI=1S/C19H25N3O3/c1-4-8-13-12-22(3)17(18(20)23)16(13)21-19(24)14-9-6-7-10-15(14)25-11-5-2/h6-7,9-10,12H,4-5,8,11H2,1-3H3,(H2,20,23)(H,21,24). The topological polar surface area (TPSA) is 86.3 Å². The minimum atomic E-state index is -0.573. The number of nitrogens with zero attached hydrogens (tertiary/aromatic N) is 1. The van der Waals surface area contributed by atoms with Crippen LogP contribution in [0.4, 0.5) is 5.69 Å². The van der Waals surface area contributed by atoms with E-state index in [0.717, 1.165) is 24.8 Å². The minimum absolute atomic E-state index is 0.295. The summed E-state index contributed by atoms with van der Waals surface area (Å²) in [5, 5.41) is 2.86. The van der Waals surface area contributed by atoms with Crippen molar-refractivity contribution in [3.05, 3.63) is 47.3 Å². The molecule has 1 aromatic heterocycles. The molecule has 0 aliphatic heterocycles. The Balaban J connectivity index is 2.36. The molecule has 1 aromatic carbocycles. The van der Waals surface area contributed by atoms with Crippen molar-refractivity contribution in [2.75, 3.05) is 11.9 Å². The Bertz CT molecular complexity index is 765. The second-order valence-electron chi connectivity index (χ2n) is 5.90. The van der Waals surface area contributed by atoms with Crippen LogP contribution < -0.4 is 15.8 Å². The Labute approximate surface area is 148 Å². The van der Waals surface area contributed by atoms with Gasteiger partial charge in [0.05, 0.1) is 17.9 Å². The van der Waals surface area contributed by atoms with Crippen LogP contribution in [0.1, 0.15) is 53.1 Å². The molecule has 2 amide bonds. The molecule has 1 heterocycles. The Morgan fingerprint density at radius 2 is 1.92 bits per heavy atom. The lowest BCUT2D eigenvalue weighted by atomic mass is 10.1. The summed E-state index contributed by atoms with van der Waals surface area (Å²) in [7, 11) is 1.74. The van der Waals surface area contributed by atoms with Crippen molar-refractivity contribution in [2.24, 2.45) is 12.8 Å². The SMILES string of the molecule is CCCOc1ccccc1C(=O)Nc1c(CCC)cn(C)c1C(N)=O. The number of rotatable bonds is 8. The van der Waals surface area contributed by atoms with Crippen LogP contribution >= 0.6 is 0 Å². The molecular formula is C19H25N3O3. The van der Waals surface area contributed by atoms with Gasteiger partial charge in [-0.15, -0.1) is 0 Å². The molecule has 0 aliphatic carbocycles. The third-order valence-electron chi connectivity index (χ3n) is 3.84. The Kier molecular flexibility index (Phi) is 6.22. The lowest BCUT2D eigenvalue weighted by Gasteiger charge is -2.12. The van der Waals surface area contributed by atoms with Crippen molar-refractivity contribution in [2.45, 2.75) is 33.1 Å². The Hall–Kier alpha value is -2.76. The van der Waals surface area contributed by atoms with Crippen LogP contribution in [-0.4, -0.2) is 23.0 Å². The molecule has 0 saturated heterocycles. The number of aryl methyl sites for hydroxylation is 2. The predicted molar refractivity (Wildman–Crippen MR) is 98.1 cm³/mol. The maximum Gasteiger partial charge on any atom is 0.267 e. The number of amides is 2. The number of carbonyl (C=O) groups excluding carboxylic acids is 2. The zero-order valence-electron chi connectivity index (χ0n) is 15.0. The first-order chi connectivity index (χ1) is 12.0. The van der Waals surface area contributed by atoms with Gasteiger partial charge >= 0.3 is 0 Å². The molecule has 0 radical (unpaired) electrons. The number of ether oxygens (including phenoxy) is 1. The number of para-hydroxylation sites is 1. The van der Waals surface area contributed by atoms with Gasteiger partial charge < -0.3 is 20.4 Å². The number of anilines is 1. The quantitative estimate of drug-likeness (QED) is 0.772. The highest BCUT2D eigenvalue weighted by atomic mass is 16.5. The van der Waals surface area contributed by atoms with Crippen LogP contribution in [0.3, 0.4) is 0 Å². The van der Waals surface area contributed by atoms with Crippen LogP contribution in [0.2, 0.25) is 0 Å². The molecule has 0 atom stereocenters. The molecule has 2 aromatic rings. The van der Waals surface area contributed by atoms with Crippen molar-refractivity contribution in [3.63, 3.8) is 0 Å². The van der Waals surface area contributed by atoms with E-state index in [9.17, 15) is 9.59 Å². The first-order valence-corrected chi connectivity index (χ1v) is 8.50. The van der Waals surface area contributed by atoms with E-state index < -0.39 is 5.91 Å². The molecule has 6 heteroatoms. The fourth-order valence-corrected chi connectivity index (χ4v) is 2.76. The molecule has 0 aliphatic rings. The zero-order valence-corrected chi connectivity index (χ0v) is 15.0. The monoisotopic (exact) mass is 343 g/mol. The molecule has 0 spiro atoms. The minimum Gasteiger partial charge on any atom is -0.493 e. The van der Waals surface area contributed by atoms with Crippen LogP contribution in [0.15, 0.2) is 30.5 Å². The van der Waals surface area contributed by atoms with E-state index in [-0.39, 0.29) is 5.91 Å². The number of nitrogens with two attached hydrogens (primary N) is 1.